The molecule has 100 valence electrons. The lowest BCUT2D eigenvalue weighted by Gasteiger charge is -2.36. The van der Waals surface area contributed by atoms with Crippen LogP contribution in [-0.4, -0.2) is 62.7 Å². The highest BCUT2D eigenvalue weighted by molar-refractivity contribution is 7.10. The van der Waals surface area contributed by atoms with Crippen LogP contribution in [-0.2, 0) is 11.3 Å². The highest BCUT2D eigenvalue weighted by Crippen LogP contribution is 2.19. The summed E-state index contributed by atoms with van der Waals surface area (Å²) in [6.07, 6.45) is 0. The third-order valence-electron chi connectivity index (χ3n) is 3.19. The Bertz CT molecular complexity index is 420. The van der Waals surface area contributed by atoms with Crippen molar-refractivity contribution in [2.45, 2.75) is 19.5 Å². The highest BCUT2D eigenvalue weighted by Gasteiger charge is 2.25. The predicted octanol–water partition coefficient (Wildman–Crippen LogP) is 0.782. The van der Waals surface area contributed by atoms with Crippen LogP contribution in [0.15, 0.2) is 0 Å². The average Bonchev–Trinajstić information content (AvgIpc) is 2.75. The molecule has 1 unspecified atom stereocenters. The van der Waals surface area contributed by atoms with Gasteiger partial charge < -0.3 is 5.11 Å². The zero-order valence-corrected chi connectivity index (χ0v) is 11.6. The van der Waals surface area contributed by atoms with E-state index >= 15 is 0 Å². The van der Waals surface area contributed by atoms with Crippen molar-refractivity contribution in [1.29, 1.82) is 0 Å². The molecule has 1 aromatic heterocycles. The lowest BCUT2D eigenvalue weighted by molar-refractivity contribution is -0.143. The fourth-order valence-corrected chi connectivity index (χ4v) is 2.58. The molecule has 8 heteroatoms. The molecule has 18 heavy (non-hydrogen) atoms. The summed E-state index contributed by atoms with van der Waals surface area (Å²) in [4.78, 5) is 15.1. The molecule has 1 saturated heterocycles. The minimum Gasteiger partial charge on any atom is -0.480 e. The van der Waals surface area contributed by atoms with E-state index in [0.29, 0.717) is 10.9 Å². The van der Waals surface area contributed by atoms with Gasteiger partial charge in [0, 0.05) is 44.3 Å². The van der Waals surface area contributed by atoms with Crippen molar-refractivity contribution < 1.29 is 9.90 Å². The van der Waals surface area contributed by atoms with Crippen molar-refractivity contribution in [2.24, 2.45) is 0 Å². The van der Waals surface area contributed by atoms with E-state index in [-0.39, 0.29) is 0 Å². The average molecular weight is 291 g/mol. The second-order valence-electron chi connectivity index (χ2n) is 4.32. The number of aliphatic carboxylic acids is 1. The van der Waals surface area contributed by atoms with Gasteiger partial charge in [-0.05, 0) is 6.92 Å². The number of hydrogen-bond donors (Lipinski definition) is 1. The molecule has 1 fully saturated rings. The number of rotatable bonds is 4. The Morgan fingerprint density at radius 1 is 1.50 bits per heavy atom. The van der Waals surface area contributed by atoms with Gasteiger partial charge in [-0.1, -0.05) is 16.1 Å². The van der Waals surface area contributed by atoms with Crippen molar-refractivity contribution in [3.05, 3.63) is 10.0 Å². The minimum absolute atomic E-state index is 0.420. The first-order valence-corrected chi connectivity index (χ1v) is 6.89. The van der Waals surface area contributed by atoms with Gasteiger partial charge in [0.05, 0.1) is 0 Å². The molecule has 1 atom stereocenters. The van der Waals surface area contributed by atoms with Gasteiger partial charge >= 0.3 is 5.97 Å². The van der Waals surface area contributed by atoms with Crippen LogP contribution >= 0.6 is 23.1 Å². The van der Waals surface area contributed by atoms with Crippen LogP contribution in [0.3, 0.4) is 0 Å². The largest absolute Gasteiger partial charge is 0.480 e. The summed E-state index contributed by atoms with van der Waals surface area (Å²) in [5.41, 5.74) is 0.807. The Morgan fingerprint density at radius 3 is 2.67 bits per heavy atom. The predicted molar refractivity (Wildman–Crippen MR) is 68.9 cm³/mol. The van der Waals surface area contributed by atoms with Crippen molar-refractivity contribution in [3.8, 4) is 0 Å². The van der Waals surface area contributed by atoms with Crippen LogP contribution in [0.1, 0.15) is 12.6 Å². The van der Waals surface area contributed by atoms with Gasteiger partial charge in [0.25, 0.3) is 0 Å². The molecule has 0 aromatic carbocycles. The molecular formula is C10H15ClN4O2S. The van der Waals surface area contributed by atoms with E-state index in [1.165, 1.54) is 11.5 Å². The van der Waals surface area contributed by atoms with Crippen molar-refractivity contribution >= 4 is 29.1 Å². The van der Waals surface area contributed by atoms with Crippen LogP contribution in [0.5, 0.6) is 0 Å². The maximum Gasteiger partial charge on any atom is 0.320 e. The van der Waals surface area contributed by atoms with Gasteiger partial charge in [-0.15, -0.1) is 5.10 Å². The van der Waals surface area contributed by atoms with E-state index in [1.807, 2.05) is 4.90 Å². The molecule has 6 nitrogen and oxygen atoms in total. The molecule has 1 aliphatic heterocycles. The molecule has 1 N–H and O–H groups in total. The third-order valence-corrected chi connectivity index (χ3v) is 4.18. The number of nitrogens with zero attached hydrogens (tertiary/aromatic N) is 4. The third kappa shape index (κ3) is 3.17. The van der Waals surface area contributed by atoms with E-state index in [1.54, 1.807) is 6.92 Å². The van der Waals surface area contributed by atoms with E-state index in [9.17, 15) is 4.79 Å². The Balaban J connectivity index is 1.84. The summed E-state index contributed by atoms with van der Waals surface area (Å²) in [7, 11) is 0. The summed E-state index contributed by atoms with van der Waals surface area (Å²) < 4.78 is 4.43. The highest BCUT2D eigenvalue weighted by atomic mass is 35.5. The van der Waals surface area contributed by atoms with E-state index in [4.69, 9.17) is 16.7 Å². The van der Waals surface area contributed by atoms with Gasteiger partial charge in [-0.25, -0.2) is 0 Å². The molecule has 0 radical (unpaired) electrons. The molecular weight excluding hydrogens is 276 g/mol. The lowest BCUT2D eigenvalue weighted by Crippen LogP contribution is -2.51. The fraction of sp³-hybridized carbons (Fsp3) is 0.700. The molecule has 2 rings (SSSR count). The standard InChI is InChI=1S/C10H15ClN4O2S/c1-7(10(16)17)15-4-2-14(3-5-15)6-8-9(11)18-13-12-8/h7H,2-6H2,1H3,(H,16,17). The topological polar surface area (TPSA) is 69.6 Å². The van der Waals surface area contributed by atoms with E-state index < -0.39 is 12.0 Å². The first kappa shape index (κ1) is 13.7. The molecule has 0 bridgehead atoms. The first-order valence-electron chi connectivity index (χ1n) is 5.74. The van der Waals surface area contributed by atoms with Crippen molar-refractivity contribution in [2.75, 3.05) is 26.2 Å². The smallest absolute Gasteiger partial charge is 0.320 e. The second-order valence-corrected chi connectivity index (χ2v) is 5.68. The summed E-state index contributed by atoms with van der Waals surface area (Å²) in [5.74, 6) is -0.768. The van der Waals surface area contributed by atoms with Gasteiger partial charge in [0.15, 0.2) is 0 Å². The Morgan fingerprint density at radius 2 is 2.17 bits per heavy atom. The zero-order chi connectivity index (χ0) is 13.1. The second kappa shape index (κ2) is 5.92. The van der Waals surface area contributed by atoms with Crippen LogP contribution < -0.4 is 0 Å². The number of aromatic nitrogens is 2. The fourth-order valence-electron chi connectivity index (χ4n) is 1.97. The van der Waals surface area contributed by atoms with Gasteiger partial charge in [-0.2, -0.15) is 0 Å². The summed E-state index contributed by atoms with van der Waals surface area (Å²) >= 11 is 7.15. The number of halogens is 1. The number of carbonyl (C=O) groups is 1. The normalized spacial score (nSPS) is 19.9. The van der Waals surface area contributed by atoms with Crippen LogP contribution in [0.4, 0.5) is 0 Å². The van der Waals surface area contributed by atoms with Crippen LogP contribution in [0.2, 0.25) is 4.34 Å². The quantitative estimate of drug-likeness (QED) is 0.884. The monoisotopic (exact) mass is 290 g/mol. The van der Waals surface area contributed by atoms with Crippen LogP contribution in [0.25, 0.3) is 0 Å². The molecule has 0 aliphatic carbocycles. The Kier molecular flexibility index (Phi) is 4.50. The number of carboxylic acids is 1. The molecule has 2 heterocycles. The SMILES string of the molecule is CC(C(=O)O)N1CCN(Cc2nnsc2Cl)CC1. The summed E-state index contributed by atoms with van der Waals surface area (Å²) in [5, 5.41) is 12.9. The van der Waals surface area contributed by atoms with Gasteiger partial charge in [0.2, 0.25) is 0 Å². The molecule has 1 aliphatic rings. The summed E-state index contributed by atoms with van der Waals surface area (Å²) in [6, 6.07) is -0.420. The van der Waals surface area contributed by atoms with Crippen molar-refractivity contribution in [3.63, 3.8) is 0 Å². The lowest BCUT2D eigenvalue weighted by atomic mass is 10.2. The number of hydrogen-bond acceptors (Lipinski definition) is 6. The Labute approximate surface area is 114 Å². The van der Waals surface area contributed by atoms with E-state index in [2.05, 4.69) is 14.5 Å². The number of carboxylic acid groups (broad SMARTS) is 1. The van der Waals surface area contributed by atoms with Gasteiger partial charge in [-0.3, -0.25) is 14.6 Å². The van der Waals surface area contributed by atoms with Crippen LogP contribution in [0, 0.1) is 0 Å². The maximum absolute atomic E-state index is 10.9. The Hall–Kier alpha value is -0.760. The molecule has 0 spiro atoms. The summed E-state index contributed by atoms with van der Waals surface area (Å²) in [6.45, 7) is 5.56. The maximum atomic E-state index is 10.9. The molecule has 0 amide bonds. The van der Waals surface area contributed by atoms with E-state index in [0.717, 1.165) is 31.9 Å². The molecule has 1 aromatic rings. The minimum atomic E-state index is -0.768. The van der Waals surface area contributed by atoms with Gasteiger partial charge in [0.1, 0.15) is 16.1 Å². The van der Waals surface area contributed by atoms with Crippen molar-refractivity contribution in [1.82, 2.24) is 19.4 Å². The number of piperazine rings is 1. The zero-order valence-electron chi connectivity index (χ0n) is 10.0. The first-order chi connectivity index (χ1) is 8.58. The molecule has 0 saturated carbocycles.